The minimum atomic E-state index is -0.657. The van der Waals surface area contributed by atoms with Gasteiger partial charge in [-0.2, -0.15) is 0 Å². The Morgan fingerprint density at radius 1 is 1.24 bits per heavy atom. The Balaban J connectivity index is 0.00000312. The van der Waals surface area contributed by atoms with E-state index in [4.69, 9.17) is 22.1 Å². The summed E-state index contributed by atoms with van der Waals surface area (Å²) in [5.74, 6) is -0.690. The molecule has 2 aromatic rings. The summed E-state index contributed by atoms with van der Waals surface area (Å²) in [6.45, 7) is 0. The molecule has 0 aliphatic rings. The van der Waals surface area contributed by atoms with Crippen LogP contribution in [0.4, 0.5) is 0 Å². The number of hydrogen-bond donors (Lipinski definition) is 2. The van der Waals surface area contributed by atoms with Crippen molar-refractivity contribution in [1.82, 2.24) is 5.32 Å². The van der Waals surface area contributed by atoms with Crippen molar-refractivity contribution in [2.45, 2.75) is 12.5 Å². The quantitative estimate of drug-likeness (QED) is 0.778. The molecule has 0 bridgehead atoms. The molecule has 7 heteroatoms. The van der Waals surface area contributed by atoms with Crippen LogP contribution in [0.25, 0.3) is 11.1 Å². The lowest BCUT2D eigenvalue weighted by atomic mass is 9.94. The van der Waals surface area contributed by atoms with Gasteiger partial charge in [0, 0.05) is 12.1 Å². The highest BCUT2D eigenvalue weighted by atomic mass is 35.5. The van der Waals surface area contributed by atoms with Crippen molar-refractivity contribution in [3.8, 4) is 11.1 Å². The van der Waals surface area contributed by atoms with E-state index in [0.717, 1.165) is 16.7 Å². The van der Waals surface area contributed by atoms with Gasteiger partial charge in [0.1, 0.15) is 0 Å². The van der Waals surface area contributed by atoms with Gasteiger partial charge in [-0.1, -0.05) is 35.9 Å². The number of amides is 1. The van der Waals surface area contributed by atoms with E-state index in [1.165, 1.54) is 7.11 Å². The van der Waals surface area contributed by atoms with Crippen molar-refractivity contribution < 1.29 is 14.3 Å². The molecule has 0 radical (unpaired) electrons. The summed E-state index contributed by atoms with van der Waals surface area (Å²) in [5, 5.41) is 2.97. The Labute approximate surface area is 157 Å². The minimum absolute atomic E-state index is 0. The van der Waals surface area contributed by atoms with Crippen molar-refractivity contribution in [3.05, 3.63) is 58.6 Å². The fourth-order valence-corrected chi connectivity index (χ4v) is 2.71. The fraction of sp³-hybridized carbons (Fsp3) is 0.222. The highest BCUT2D eigenvalue weighted by molar-refractivity contribution is 6.31. The molecule has 0 unspecified atom stereocenters. The molecule has 0 saturated carbocycles. The summed E-state index contributed by atoms with van der Waals surface area (Å²) in [4.78, 5) is 23.5. The summed E-state index contributed by atoms with van der Waals surface area (Å²) in [5.41, 5.74) is 8.82. The van der Waals surface area contributed by atoms with Gasteiger partial charge in [0.15, 0.2) is 0 Å². The van der Waals surface area contributed by atoms with E-state index in [9.17, 15) is 9.59 Å². The molecule has 2 aromatic carbocycles. The summed E-state index contributed by atoms with van der Waals surface area (Å²) in [7, 11) is 2.87. The first-order chi connectivity index (χ1) is 11.5. The van der Waals surface area contributed by atoms with Gasteiger partial charge in [-0.05, 0) is 41.3 Å². The van der Waals surface area contributed by atoms with Crippen LogP contribution in [-0.2, 0) is 16.0 Å². The normalized spacial score (nSPS) is 11.2. The van der Waals surface area contributed by atoms with E-state index in [2.05, 4.69) is 5.32 Å². The molecule has 1 atom stereocenters. The number of halogens is 2. The van der Waals surface area contributed by atoms with Crippen molar-refractivity contribution in [2.75, 3.05) is 14.2 Å². The van der Waals surface area contributed by atoms with Crippen molar-refractivity contribution in [2.24, 2.45) is 5.73 Å². The van der Waals surface area contributed by atoms with E-state index in [1.807, 2.05) is 24.3 Å². The lowest BCUT2D eigenvalue weighted by molar-refractivity contribution is -0.121. The number of methoxy groups -OCH3 is 1. The monoisotopic (exact) mass is 382 g/mol. The van der Waals surface area contributed by atoms with Crippen LogP contribution in [0, 0.1) is 0 Å². The molecule has 25 heavy (non-hydrogen) atoms. The second kappa shape index (κ2) is 9.42. The number of benzene rings is 2. The number of esters is 1. The van der Waals surface area contributed by atoms with Crippen LogP contribution < -0.4 is 11.1 Å². The van der Waals surface area contributed by atoms with Crippen LogP contribution in [0.1, 0.15) is 15.9 Å². The molecule has 0 aromatic heterocycles. The van der Waals surface area contributed by atoms with Gasteiger partial charge >= 0.3 is 5.97 Å². The van der Waals surface area contributed by atoms with Crippen LogP contribution in [-0.4, -0.2) is 32.1 Å². The first kappa shape index (κ1) is 21.0. The zero-order valence-electron chi connectivity index (χ0n) is 13.9. The topological polar surface area (TPSA) is 81.4 Å². The fourth-order valence-electron chi connectivity index (χ4n) is 2.48. The molecule has 0 fully saturated rings. The molecule has 134 valence electrons. The molecule has 1 amide bonds. The van der Waals surface area contributed by atoms with Crippen LogP contribution >= 0.6 is 24.0 Å². The Morgan fingerprint density at radius 3 is 2.56 bits per heavy atom. The number of likely N-dealkylation sites (N-methyl/N-ethyl adjacent to an activating group) is 1. The lowest BCUT2D eigenvalue weighted by Crippen LogP contribution is -2.40. The third-order valence-corrected chi connectivity index (χ3v) is 3.89. The molecular formula is C18H20Cl2N2O3. The SMILES string of the molecule is CNC(=O)[C@H](N)Cc1ccccc1-c1cc(Cl)cc(C(=O)OC)c1.Cl. The average Bonchev–Trinajstić information content (AvgIpc) is 2.60. The Hall–Kier alpha value is -2.08. The van der Waals surface area contributed by atoms with E-state index in [1.54, 1.807) is 25.2 Å². The first-order valence-electron chi connectivity index (χ1n) is 7.40. The molecular weight excluding hydrogens is 363 g/mol. The maximum Gasteiger partial charge on any atom is 0.337 e. The molecule has 0 saturated heterocycles. The molecule has 0 spiro atoms. The average molecular weight is 383 g/mol. The van der Waals surface area contributed by atoms with E-state index in [0.29, 0.717) is 17.0 Å². The van der Waals surface area contributed by atoms with E-state index < -0.39 is 12.0 Å². The Bertz CT molecular complexity index is 766. The summed E-state index contributed by atoms with van der Waals surface area (Å²) in [6, 6.07) is 11.9. The summed E-state index contributed by atoms with van der Waals surface area (Å²) >= 11 is 6.14. The number of rotatable bonds is 5. The molecule has 3 N–H and O–H groups in total. The maximum atomic E-state index is 11.8. The van der Waals surface area contributed by atoms with Gasteiger partial charge in [-0.15, -0.1) is 12.4 Å². The predicted octanol–water partition coefficient (Wildman–Crippen LogP) is 2.83. The Morgan fingerprint density at radius 2 is 1.92 bits per heavy atom. The summed E-state index contributed by atoms with van der Waals surface area (Å²) < 4.78 is 4.75. The summed E-state index contributed by atoms with van der Waals surface area (Å²) in [6.07, 6.45) is 0.371. The molecule has 0 heterocycles. The van der Waals surface area contributed by atoms with Gasteiger partial charge in [0.2, 0.25) is 5.91 Å². The van der Waals surface area contributed by atoms with Crippen LogP contribution in [0.2, 0.25) is 5.02 Å². The minimum Gasteiger partial charge on any atom is -0.465 e. The molecule has 0 aliphatic carbocycles. The number of nitrogens with two attached hydrogens (primary N) is 1. The maximum absolute atomic E-state index is 11.8. The van der Waals surface area contributed by atoms with E-state index in [-0.39, 0.29) is 18.3 Å². The number of nitrogens with one attached hydrogen (secondary N) is 1. The van der Waals surface area contributed by atoms with Gasteiger partial charge in [0.05, 0.1) is 18.7 Å². The van der Waals surface area contributed by atoms with Gasteiger partial charge < -0.3 is 15.8 Å². The largest absolute Gasteiger partial charge is 0.465 e. The number of carbonyl (C=O) groups is 2. The van der Waals surface area contributed by atoms with Crippen LogP contribution in [0.15, 0.2) is 42.5 Å². The first-order valence-corrected chi connectivity index (χ1v) is 7.78. The van der Waals surface area contributed by atoms with Crippen molar-refractivity contribution in [1.29, 1.82) is 0 Å². The smallest absolute Gasteiger partial charge is 0.337 e. The standard InChI is InChI=1S/C18H19ClN2O3.ClH/c1-21-17(22)16(20)10-11-5-3-4-6-15(11)12-7-13(18(23)24-2)9-14(19)8-12;/h3-9,16H,10,20H2,1-2H3,(H,21,22);1H/t16-;/m1./s1. The van der Waals surface area contributed by atoms with Gasteiger partial charge in [0.25, 0.3) is 0 Å². The van der Waals surface area contributed by atoms with Gasteiger partial charge in [-0.3, -0.25) is 4.79 Å². The molecule has 5 nitrogen and oxygen atoms in total. The second-order valence-corrected chi connectivity index (χ2v) is 5.74. The molecule has 0 aliphatic heterocycles. The number of carbonyl (C=O) groups excluding carboxylic acids is 2. The second-order valence-electron chi connectivity index (χ2n) is 5.30. The zero-order chi connectivity index (χ0) is 17.7. The molecule has 2 rings (SSSR count). The number of hydrogen-bond acceptors (Lipinski definition) is 4. The number of ether oxygens (including phenoxy) is 1. The van der Waals surface area contributed by atoms with Crippen LogP contribution in [0.3, 0.4) is 0 Å². The lowest BCUT2D eigenvalue weighted by Gasteiger charge is -2.15. The predicted molar refractivity (Wildman–Crippen MR) is 101 cm³/mol. The van der Waals surface area contributed by atoms with Gasteiger partial charge in [-0.25, -0.2) is 4.79 Å². The zero-order valence-corrected chi connectivity index (χ0v) is 15.5. The van der Waals surface area contributed by atoms with Crippen molar-refractivity contribution in [3.63, 3.8) is 0 Å². The van der Waals surface area contributed by atoms with Crippen molar-refractivity contribution >= 4 is 35.9 Å². The Kier molecular flexibility index (Phi) is 7.90. The third-order valence-electron chi connectivity index (χ3n) is 3.67. The third kappa shape index (κ3) is 5.19. The van der Waals surface area contributed by atoms with E-state index >= 15 is 0 Å². The van der Waals surface area contributed by atoms with Crippen LogP contribution in [0.5, 0.6) is 0 Å². The highest BCUT2D eigenvalue weighted by Gasteiger charge is 2.16. The highest BCUT2D eigenvalue weighted by Crippen LogP contribution is 2.28.